The van der Waals surface area contributed by atoms with Crippen LogP contribution in [0.4, 0.5) is 5.69 Å². The molecule has 21 heavy (non-hydrogen) atoms. The van der Waals surface area contributed by atoms with E-state index in [1.165, 1.54) is 6.07 Å². The van der Waals surface area contributed by atoms with Crippen LogP contribution >= 0.6 is 11.6 Å². The Bertz CT molecular complexity index is 701. The highest BCUT2D eigenvalue weighted by Gasteiger charge is 2.23. The summed E-state index contributed by atoms with van der Waals surface area (Å²) in [5, 5.41) is 5.67. The van der Waals surface area contributed by atoms with E-state index in [2.05, 4.69) is 15.1 Å². The molecule has 2 N–H and O–H groups in total. The summed E-state index contributed by atoms with van der Waals surface area (Å²) in [6, 6.07) is 8.97. The molecule has 0 atom stereocenters. The monoisotopic (exact) mass is 306 g/mol. The highest BCUT2D eigenvalue weighted by atomic mass is 35.5. The van der Waals surface area contributed by atoms with E-state index in [-0.39, 0.29) is 11.5 Å². The minimum absolute atomic E-state index is 0.154. The topological polar surface area (TPSA) is 72.2 Å². The van der Waals surface area contributed by atoms with Crippen molar-refractivity contribution < 1.29 is 4.79 Å². The van der Waals surface area contributed by atoms with Gasteiger partial charge in [0.25, 0.3) is 11.5 Å². The first-order valence-corrected chi connectivity index (χ1v) is 7.09. The fourth-order valence-corrected chi connectivity index (χ4v) is 2.64. The van der Waals surface area contributed by atoms with Crippen molar-refractivity contribution in [1.82, 2.24) is 15.1 Å². The van der Waals surface area contributed by atoms with E-state index < -0.39 is 0 Å². The van der Waals surface area contributed by atoms with Gasteiger partial charge in [-0.25, -0.2) is 0 Å². The van der Waals surface area contributed by atoms with Gasteiger partial charge in [0.1, 0.15) is 5.69 Å². The van der Waals surface area contributed by atoms with E-state index in [4.69, 9.17) is 11.6 Å². The zero-order chi connectivity index (χ0) is 14.8. The number of aromatic nitrogens is 2. The molecular formula is C14H15ClN4O2. The molecule has 110 valence electrons. The lowest BCUT2D eigenvalue weighted by Crippen LogP contribution is -2.48. The van der Waals surface area contributed by atoms with E-state index in [0.29, 0.717) is 23.8 Å². The number of carbonyl (C=O) groups is 1. The number of hydrogen-bond acceptors (Lipinski definition) is 3. The molecule has 2 heterocycles. The number of halogens is 1. The fraction of sp³-hybridized carbons (Fsp3) is 0.286. The van der Waals surface area contributed by atoms with Gasteiger partial charge in [-0.15, -0.1) is 0 Å². The molecule has 0 spiro atoms. The molecule has 7 heteroatoms. The molecule has 1 aromatic carbocycles. The summed E-state index contributed by atoms with van der Waals surface area (Å²) in [6.45, 7) is 2.69. The van der Waals surface area contributed by atoms with Crippen LogP contribution in [0, 0.1) is 0 Å². The summed E-state index contributed by atoms with van der Waals surface area (Å²) in [5.41, 5.74) is 1.07. The third-order valence-corrected chi connectivity index (χ3v) is 3.80. The molecule has 6 nitrogen and oxygen atoms in total. The number of amides is 1. The van der Waals surface area contributed by atoms with Crippen molar-refractivity contribution in [1.29, 1.82) is 0 Å². The second kappa shape index (κ2) is 5.65. The van der Waals surface area contributed by atoms with Gasteiger partial charge in [0, 0.05) is 43.0 Å². The van der Waals surface area contributed by atoms with Crippen molar-refractivity contribution in [2.75, 3.05) is 31.1 Å². The first-order valence-electron chi connectivity index (χ1n) is 6.71. The Kier molecular flexibility index (Phi) is 3.70. The molecule has 0 saturated carbocycles. The van der Waals surface area contributed by atoms with Crippen LogP contribution in [0.25, 0.3) is 0 Å². The molecule has 0 radical (unpaired) electrons. The third kappa shape index (κ3) is 2.95. The molecule has 1 aliphatic heterocycles. The predicted molar refractivity (Wildman–Crippen MR) is 81.0 cm³/mol. The summed E-state index contributed by atoms with van der Waals surface area (Å²) < 4.78 is 0. The molecule has 1 amide bonds. The predicted octanol–water partition coefficient (Wildman–Crippen LogP) is 1.32. The molecule has 0 aliphatic carbocycles. The molecule has 2 aromatic rings. The number of aromatic amines is 2. The lowest BCUT2D eigenvalue weighted by atomic mass is 10.2. The molecular weight excluding hydrogens is 292 g/mol. The minimum atomic E-state index is -0.295. The van der Waals surface area contributed by atoms with Gasteiger partial charge in [-0.05, 0) is 18.2 Å². The van der Waals surface area contributed by atoms with E-state index in [0.717, 1.165) is 18.8 Å². The van der Waals surface area contributed by atoms with E-state index >= 15 is 0 Å². The lowest BCUT2D eigenvalue weighted by molar-refractivity contribution is 0.0741. The van der Waals surface area contributed by atoms with Crippen molar-refractivity contribution in [2.24, 2.45) is 0 Å². The van der Waals surface area contributed by atoms with E-state index in [1.54, 1.807) is 4.90 Å². The Morgan fingerprint density at radius 1 is 1.10 bits per heavy atom. The molecule has 0 bridgehead atoms. The number of nitrogens with zero attached hydrogens (tertiary/aromatic N) is 2. The average molecular weight is 307 g/mol. The first-order chi connectivity index (χ1) is 10.1. The Balaban J connectivity index is 1.65. The summed E-state index contributed by atoms with van der Waals surface area (Å²) in [6.07, 6.45) is 0. The van der Waals surface area contributed by atoms with Crippen LogP contribution in [0.1, 0.15) is 10.5 Å². The Labute approximate surface area is 126 Å². The maximum Gasteiger partial charge on any atom is 0.272 e. The van der Waals surface area contributed by atoms with Crippen LogP contribution in [0.5, 0.6) is 0 Å². The fourth-order valence-electron chi connectivity index (χ4n) is 2.46. The Morgan fingerprint density at radius 2 is 1.86 bits per heavy atom. The van der Waals surface area contributed by atoms with Crippen molar-refractivity contribution in [3.8, 4) is 0 Å². The SMILES string of the molecule is O=C(c1cc(=O)[nH][nH]1)N1CCN(c2cccc(Cl)c2)CC1. The highest BCUT2D eigenvalue weighted by molar-refractivity contribution is 6.30. The average Bonchev–Trinajstić information content (AvgIpc) is 2.93. The zero-order valence-electron chi connectivity index (χ0n) is 11.3. The van der Waals surface area contributed by atoms with Gasteiger partial charge in [0.15, 0.2) is 0 Å². The quantitative estimate of drug-likeness (QED) is 0.879. The number of benzene rings is 1. The molecule has 1 aromatic heterocycles. The molecule has 1 saturated heterocycles. The van der Waals surface area contributed by atoms with Crippen molar-refractivity contribution in [3.05, 3.63) is 51.4 Å². The number of rotatable bonds is 2. The standard InChI is InChI=1S/C14H15ClN4O2/c15-10-2-1-3-11(8-10)18-4-6-19(7-5-18)14(21)12-9-13(20)17-16-12/h1-3,8-9H,4-7H2,(H2,16,17,20). The van der Waals surface area contributed by atoms with Crippen LogP contribution in [0.3, 0.4) is 0 Å². The minimum Gasteiger partial charge on any atom is -0.368 e. The largest absolute Gasteiger partial charge is 0.368 e. The summed E-state index contributed by atoms with van der Waals surface area (Å²) in [4.78, 5) is 27.2. The van der Waals surface area contributed by atoms with Gasteiger partial charge in [-0.1, -0.05) is 17.7 Å². The maximum absolute atomic E-state index is 12.2. The van der Waals surface area contributed by atoms with Crippen LogP contribution in [0.15, 0.2) is 35.1 Å². The number of anilines is 1. The van der Waals surface area contributed by atoms with Crippen molar-refractivity contribution >= 4 is 23.2 Å². The van der Waals surface area contributed by atoms with Crippen LogP contribution < -0.4 is 10.5 Å². The van der Waals surface area contributed by atoms with E-state index in [9.17, 15) is 9.59 Å². The highest BCUT2D eigenvalue weighted by Crippen LogP contribution is 2.21. The molecule has 0 unspecified atom stereocenters. The van der Waals surface area contributed by atoms with Gasteiger partial charge in [-0.3, -0.25) is 19.8 Å². The number of nitrogens with one attached hydrogen (secondary N) is 2. The second-order valence-electron chi connectivity index (χ2n) is 4.93. The van der Waals surface area contributed by atoms with Gasteiger partial charge in [-0.2, -0.15) is 0 Å². The number of hydrogen-bond donors (Lipinski definition) is 2. The van der Waals surface area contributed by atoms with Gasteiger partial charge in [0.2, 0.25) is 0 Å². The Morgan fingerprint density at radius 3 is 2.48 bits per heavy atom. The van der Waals surface area contributed by atoms with Gasteiger partial charge < -0.3 is 9.80 Å². The normalized spacial score (nSPS) is 15.3. The lowest BCUT2D eigenvalue weighted by Gasteiger charge is -2.36. The summed E-state index contributed by atoms with van der Waals surface area (Å²) >= 11 is 6.00. The van der Waals surface area contributed by atoms with Gasteiger partial charge in [0.05, 0.1) is 0 Å². The molecule has 3 rings (SSSR count). The molecule has 1 fully saturated rings. The van der Waals surface area contributed by atoms with Gasteiger partial charge >= 0.3 is 0 Å². The van der Waals surface area contributed by atoms with E-state index in [1.807, 2.05) is 24.3 Å². The van der Waals surface area contributed by atoms with Crippen molar-refractivity contribution in [3.63, 3.8) is 0 Å². The Hall–Kier alpha value is -2.21. The zero-order valence-corrected chi connectivity index (χ0v) is 12.1. The number of piperazine rings is 1. The van der Waals surface area contributed by atoms with Crippen LogP contribution in [-0.4, -0.2) is 47.2 Å². The van der Waals surface area contributed by atoms with Crippen LogP contribution in [-0.2, 0) is 0 Å². The van der Waals surface area contributed by atoms with Crippen LogP contribution in [0.2, 0.25) is 5.02 Å². The van der Waals surface area contributed by atoms with Crippen molar-refractivity contribution in [2.45, 2.75) is 0 Å². The smallest absolute Gasteiger partial charge is 0.272 e. The molecule has 1 aliphatic rings. The number of H-pyrrole nitrogens is 2. The summed E-state index contributed by atoms with van der Waals surface area (Å²) in [7, 11) is 0. The third-order valence-electron chi connectivity index (χ3n) is 3.57. The first kappa shape index (κ1) is 13.8. The maximum atomic E-state index is 12.2. The second-order valence-corrected chi connectivity index (χ2v) is 5.37. The summed E-state index contributed by atoms with van der Waals surface area (Å²) in [5.74, 6) is -0.154. The number of carbonyl (C=O) groups excluding carboxylic acids is 1.